The molecule has 5 rings (SSSR count). The number of pyridine rings is 1. The Morgan fingerprint density at radius 3 is 2.62 bits per heavy atom. The predicted molar refractivity (Wildman–Crippen MR) is 136 cm³/mol. The van der Waals surface area contributed by atoms with Crippen LogP contribution in [-0.2, 0) is 21.4 Å². The van der Waals surface area contributed by atoms with E-state index in [0.717, 1.165) is 10.4 Å². The SMILES string of the molecule is O=C(C1CCN(S(=O)(=O)c2cccs2)CC1)N(Cc1ccccn1)c1nc2c(Cl)cccc2s1. The molecule has 4 aromatic rings. The van der Waals surface area contributed by atoms with E-state index in [4.69, 9.17) is 11.6 Å². The Morgan fingerprint density at radius 1 is 1.12 bits per heavy atom. The van der Waals surface area contributed by atoms with Gasteiger partial charge >= 0.3 is 0 Å². The average Bonchev–Trinajstić information content (AvgIpc) is 3.54. The zero-order valence-corrected chi connectivity index (χ0v) is 21.2. The maximum absolute atomic E-state index is 13.7. The van der Waals surface area contributed by atoms with Crippen LogP contribution in [0.4, 0.5) is 5.13 Å². The monoisotopic (exact) mass is 532 g/mol. The number of nitrogens with zero attached hydrogens (tertiary/aromatic N) is 4. The number of thiazole rings is 1. The van der Waals surface area contributed by atoms with Crippen LogP contribution in [-0.4, -0.2) is 41.7 Å². The summed E-state index contributed by atoms with van der Waals surface area (Å²) in [7, 11) is -3.52. The molecule has 0 aliphatic carbocycles. The van der Waals surface area contributed by atoms with Crippen molar-refractivity contribution in [2.24, 2.45) is 5.92 Å². The van der Waals surface area contributed by atoms with E-state index in [1.54, 1.807) is 34.7 Å². The fraction of sp³-hybridized carbons (Fsp3) is 0.261. The van der Waals surface area contributed by atoms with Crippen molar-refractivity contribution in [3.8, 4) is 0 Å². The van der Waals surface area contributed by atoms with Crippen LogP contribution in [0.1, 0.15) is 18.5 Å². The number of thiophene rings is 1. The Labute approximate surface area is 210 Å². The number of fused-ring (bicyclic) bond motifs is 1. The molecule has 1 aliphatic rings. The number of carbonyl (C=O) groups is 1. The largest absolute Gasteiger partial charge is 0.282 e. The van der Waals surface area contributed by atoms with Crippen LogP contribution in [0, 0.1) is 5.92 Å². The van der Waals surface area contributed by atoms with E-state index in [-0.39, 0.29) is 18.4 Å². The molecule has 1 saturated heterocycles. The molecule has 11 heteroatoms. The maximum Gasteiger partial charge on any atom is 0.252 e. The van der Waals surface area contributed by atoms with Crippen molar-refractivity contribution in [1.82, 2.24) is 14.3 Å². The Hall–Kier alpha value is -2.37. The molecular weight excluding hydrogens is 512 g/mol. The van der Waals surface area contributed by atoms with E-state index in [2.05, 4.69) is 9.97 Å². The topological polar surface area (TPSA) is 83.5 Å². The van der Waals surface area contributed by atoms with Crippen LogP contribution in [0.5, 0.6) is 0 Å². The molecule has 1 amide bonds. The van der Waals surface area contributed by atoms with Crippen LogP contribution >= 0.6 is 34.3 Å². The summed E-state index contributed by atoms with van der Waals surface area (Å²) in [4.78, 5) is 24.4. The zero-order valence-electron chi connectivity index (χ0n) is 18.0. The molecule has 4 heterocycles. The second-order valence-corrected chi connectivity index (χ2v) is 12.5. The van der Waals surface area contributed by atoms with Crippen molar-refractivity contribution in [3.63, 3.8) is 0 Å². The van der Waals surface area contributed by atoms with Gasteiger partial charge in [0.1, 0.15) is 9.73 Å². The van der Waals surface area contributed by atoms with Gasteiger partial charge in [0, 0.05) is 25.2 Å². The van der Waals surface area contributed by atoms with E-state index in [0.29, 0.717) is 45.8 Å². The third kappa shape index (κ3) is 4.60. The quantitative estimate of drug-likeness (QED) is 0.347. The normalized spacial score (nSPS) is 15.6. The maximum atomic E-state index is 13.7. The summed E-state index contributed by atoms with van der Waals surface area (Å²) in [6.45, 7) is 0.893. The average molecular weight is 533 g/mol. The molecule has 1 fully saturated rings. The molecule has 0 spiro atoms. The van der Waals surface area contributed by atoms with Gasteiger partial charge in [0.05, 0.1) is 22.0 Å². The van der Waals surface area contributed by atoms with Crippen molar-refractivity contribution < 1.29 is 13.2 Å². The Bertz CT molecular complexity index is 1400. The number of carbonyl (C=O) groups excluding carboxylic acids is 1. The molecule has 3 aromatic heterocycles. The number of benzene rings is 1. The van der Waals surface area contributed by atoms with Gasteiger partial charge < -0.3 is 0 Å². The first kappa shape index (κ1) is 23.4. The molecule has 34 heavy (non-hydrogen) atoms. The summed E-state index contributed by atoms with van der Waals surface area (Å²) in [6, 6.07) is 14.5. The molecule has 7 nitrogen and oxygen atoms in total. The number of sulfonamides is 1. The van der Waals surface area contributed by atoms with E-state index >= 15 is 0 Å². The number of piperidine rings is 1. The minimum atomic E-state index is -3.52. The summed E-state index contributed by atoms with van der Waals surface area (Å²) >= 11 is 8.95. The van der Waals surface area contributed by atoms with Crippen LogP contribution in [0.3, 0.4) is 0 Å². The summed E-state index contributed by atoms with van der Waals surface area (Å²) in [5, 5.41) is 2.85. The number of hydrogen-bond donors (Lipinski definition) is 0. The van der Waals surface area contributed by atoms with Gasteiger partial charge in [0.15, 0.2) is 5.13 Å². The second kappa shape index (κ2) is 9.71. The number of amides is 1. The number of halogens is 1. The third-order valence-corrected chi connectivity index (χ3v) is 10.4. The molecule has 0 saturated carbocycles. The lowest BCUT2D eigenvalue weighted by atomic mass is 9.96. The van der Waals surface area contributed by atoms with E-state index in [1.807, 2.05) is 30.3 Å². The van der Waals surface area contributed by atoms with Crippen molar-refractivity contribution in [2.45, 2.75) is 23.6 Å². The first-order chi connectivity index (χ1) is 16.4. The van der Waals surface area contributed by atoms with Crippen LogP contribution in [0.25, 0.3) is 10.2 Å². The summed E-state index contributed by atoms with van der Waals surface area (Å²) in [6.07, 6.45) is 2.60. The molecule has 1 aliphatic heterocycles. The van der Waals surface area contributed by atoms with Crippen molar-refractivity contribution in [1.29, 1.82) is 0 Å². The van der Waals surface area contributed by atoms with Gasteiger partial charge in [-0.05, 0) is 48.6 Å². The first-order valence-corrected chi connectivity index (χ1v) is 14.2. The van der Waals surface area contributed by atoms with Crippen molar-refractivity contribution in [2.75, 3.05) is 18.0 Å². The number of para-hydroxylation sites is 1. The van der Waals surface area contributed by atoms with E-state index < -0.39 is 10.0 Å². The minimum absolute atomic E-state index is 0.0750. The number of aromatic nitrogens is 2. The number of rotatable bonds is 6. The highest BCUT2D eigenvalue weighted by Crippen LogP contribution is 2.35. The molecule has 0 radical (unpaired) electrons. The molecule has 1 aromatic carbocycles. The van der Waals surface area contributed by atoms with Crippen LogP contribution in [0.15, 0.2) is 64.3 Å². The minimum Gasteiger partial charge on any atom is -0.282 e. The Balaban J connectivity index is 1.39. The van der Waals surface area contributed by atoms with Crippen molar-refractivity contribution in [3.05, 3.63) is 70.8 Å². The lowest BCUT2D eigenvalue weighted by molar-refractivity contribution is -0.123. The highest BCUT2D eigenvalue weighted by molar-refractivity contribution is 7.91. The standard InChI is InChI=1S/C23H21ClN4O3S3/c24-18-6-3-7-19-21(18)26-23(33-19)28(15-17-5-1-2-11-25-17)22(29)16-9-12-27(13-10-16)34(30,31)20-8-4-14-32-20/h1-8,11,14,16H,9-10,12-13,15H2. The van der Waals surface area contributed by atoms with Gasteiger partial charge in [0.2, 0.25) is 5.91 Å². The third-order valence-electron chi connectivity index (χ3n) is 5.79. The fourth-order valence-electron chi connectivity index (χ4n) is 4.01. The van der Waals surface area contributed by atoms with E-state index in [1.165, 1.54) is 27.0 Å². The lowest BCUT2D eigenvalue weighted by Crippen LogP contribution is -2.44. The number of anilines is 1. The molecular formula is C23H21ClN4O3S3. The molecule has 0 unspecified atom stereocenters. The summed E-state index contributed by atoms with van der Waals surface area (Å²) in [5.74, 6) is -0.380. The Morgan fingerprint density at radius 2 is 1.94 bits per heavy atom. The van der Waals surface area contributed by atoms with Gasteiger partial charge in [-0.2, -0.15) is 4.31 Å². The second-order valence-electron chi connectivity index (χ2n) is 7.94. The highest BCUT2D eigenvalue weighted by atomic mass is 35.5. The van der Waals surface area contributed by atoms with Crippen LogP contribution in [0.2, 0.25) is 5.02 Å². The summed E-state index contributed by atoms with van der Waals surface area (Å²) in [5.41, 5.74) is 1.42. The van der Waals surface area contributed by atoms with Gasteiger partial charge in [0.25, 0.3) is 10.0 Å². The van der Waals surface area contributed by atoms with Crippen molar-refractivity contribution >= 4 is 65.6 Å². The molecule has 0 bridgehead atoms. The number of hydrogen-bond acceptors (Lipinski definition) is 7. The predicted octanol–water partition coefficient (Wildman–Crippen LogP) is 5.04. The van der Waals surface area contributed by atoms with E-state index in [9.17, 15) is 13.2 Å². The zero-order chi connectivity index (χ0) is 23.7. The highest BCUT2D eigenvalue weighted by Gasteiger charge is 2.35. The first-order valence-electron chi connectivity index (χ1n) is 10.7. The van der Waals surface area contributed by atoms with Gasteiger partial charge in [-0.3, -0.25) is 14.7 Å². The lowest BCUT2D eigenvalue weighted by Gasteiger charge is -2.32. The Kier molecular flexibility index (Phi) is 6.67. The van der Waals surface area contributed by atoms with Gasteiger partial charge in [-0.25, -0.2) is 13.4 Å². The van der Waals surface area contributed by atoms with Gasteiger partial charge in [-0.15, -0.1) is 11.3 Å². The fourth-order valence-corrected chi connectivity index (χ4v) is 7.90. The smallest absolute Gasteiger partial charge is 0.252 e. The van der Waals surface area contributed by atoms with Gasteiger partial charge in [-0.1, -0.05) is 41.1 Å². The molecule has 0 atom stereocenters. The molecule has 176 valence electrons. The van der Waals surface area contributed by atoms with Crippen LogP contribution < -0.4 is 4.90 Å². The molecule has 0 N–H and O–H groups in total. The summed E-state index contributed by atoms with van der Waals surface area (Å²) < 4.78 is 28.4.